The number of hydrogen-bond acceptors (Lipinski definition) is 4. The second kappa shape index (κ2) is 3.85. The SMILES string of the molecule is Cn1cnn(CCC(=O)NN)c1=O. The summed E-state index contributed by atoms with van der Waals surface area (Å²) in [5, 5.41) is 3.77. The fourth-order valence-corrected chi connectivity index (χ4v) is 0.854. The summed E-state index contributed by atoms with van der Waals surface area (Å²) in [4.78, 5) is 21.9. The van der Waals surface area contributed by atoms with Gasteiger partial charge in [0.2, 0.25) is 5.91 Å². The van der Waals surface area contributed by atoms with Crippen molar-refractivity contribution in [1.29, 1.82) is 0 Å². The second-order valence-corrected chi connectivity index (χ2v) is 2.57. The molecule has 0 atom stereocenters. The van der Waals surface area contributed by atoms with E-state index < -0.39 is 0 Å². The van der Waals surface area contributed by atoms with Gasteiger partial charge in [0.05, 0.1) is 6.54 Å². The fourth-order valence-electron chi connectivity index (χ4n) is 0.854. The van der Waals surface area contributed by atoms with Gasteiger partial charge in [-0.1, -0.05) is 0 Å². The maximum atomic E-state index is 11.2. The third-order valence-electron chi connectivity index (χ3n) is 1.60. The summed E-state index contributed by atoms with van der Waals surface area (Å²) in [7, 11) is 1.59. The molecule has 0 unspecified atom stereocenters. The molecule has 0 aromatic carbocycles. The highest BCUT2D eigenvalue weighted by molar-refractivity contribution is 5.74. The Bertz CT molecular complexity index is 352. The molecule has 1 amide bonds. The Balaban J connectivity index is 2.60. The van der Waals surface area contributed by atoms with Crippen molar-refractivity contribution in [2.75, 3.05) is 0 Å². The lowest BCUT2D eigenvalue weighted by molar-refractivity contribution is -0.121. The minimum atomic E-state index is -0.322. The van der Waals surface area contributed by atoms with E-state index in [1.807, 2.05) is 5.43 Å². The van der Waals surface area contributed by atoms with Gasteiger partial charge in [-0.3, -0.25) is 14.8 Å². The van der Waals surface area contributed by atoms with Crippen molar-refractivity contribution in [3.63, 3.8) is 0 Å². The molecule has 7 nitrogen and oxygen atoms in total. The van der Waals surface area contributed by atoms with Crippen molar-refractivity contribution >= 4 is 5.91 Å². The van der Waals surface area contributed by atoms with E-state index >= 15 is 0 Å². The quantitative estimate of drug-likeness (QED) is 0.322. The van der Waals surface area contributed by atoms with Gasteiger partial charge >= 0.3 is 5.69 Å². The molecule has 3 N–H and O–H groups in total. The Labute approximate surface area is 74.1 Å². The molecule has 1 aromatic heterocycles. The van der Waals surface area contributed by atoms with Crippen molar-refractivity contribution in [2.24, 2.45) is 12.9 Å². The minimum Gasteiger partial charge on any atom is -0.294 e. The zero-order chi connectivity index (χ0) is 9.84. The maximum Gasteiger partial charge on any atom is 0.345 e. The summed E-state index contributed by atoms with van der Waals surface area (Å²) in [6, 6.07) is 0. The van der Waals surface area contributed by atoms with Crippen LogP contribution in [0.1, 0.15) is 6.42 Å². The Morgan fingerprint density at radius 2 is 2.46 bits per heavy atom. The Kier molecular flexibility index (Phi) is 2.80. The third kappa shape index (κ3) is 2.15. The Morgan fingerprint density at radius 3 is 2.92 bits per heavy atom. The highest BCUT2D eigenvalue weighted by Crippen LogP contribution is 1.83. The molecule has 72 valence electrons. The van der Waals surface area contributed by atoms with Crippen LogP contribution in [0, 0.1) is 0 Å². The van der Waals surface area contributed by atoms with E-state index in [-0.39, 0.29) is 24.6 Å². The third-order valence-corrected chi connectivity index (χ3v) is 1.60. The summed E-state index contributed by atoms with van der Waals surface area (Å²) in [6.45, 7) is 0.239. The molecule has 1 heterocycles. The number of nitrogens with zero attached hydrogens (tertiary/aromatic N) is 3. The van der Waals surface area contributed by atoms with E-state index in [1.165, 1.54) is 15.6 Å². The normalized spacial score (nSPS) is 10.0. The molecule has 0 saturated carbocycles. The first-order valence-corrected chi connectivity index (χ1v) is 3.73. The number of hydrogen-bond donors (Lipinski definition) is 2. The molecule has 0 spiro atoms. The number of aryl methyl sites for hydroxylation is 2. The number of nitrogens with two attached hydrogens (primary N) is 1. The molecule has 1 aromatic rings. The molecule has 0 aliphatic heterocycles. The Hall–Kier alpha value is -1.63. The van der Waals surface area contributed by atoms with E-state index in [0.717, 1.165) is 0 Å². The molecule has 0 bridgehead atoms. The van der Waals surface area contributed by atoms with Gasteiger partial charge in [-0.25, -0.2) is 15.3 Å². The molecule has 13 heavy (non-hydrogen) atoms. The van der Waals surface area contributed by atoms with Crippen LogP contribution in [0.4, 0.5) is 0 Å². The number of amides is 1. The van der Waals surface area contributed by atoms with Crippen molar-refractivity contribution < 1.29 is 4.79 Å². The van der Waals surface area contributed by atoms with Gasteiger partial charge in [0.25, 0.3) is 0 Å². The maximum absolute atomic E-state index is 11.2. The van der Waals surface area contributed by atoms with Gasteiger partial charge in [-0.15, -0.1) is 0 Å². The summed E-state index contributed by atoms with van der Waals surface area (Å²) >= 11 is 0. The summed E-state index contributed by atoms with van der Waals surface area (Å²) in [5.74, 6) is 4.55. The first-order valence-electron chi connectivity index (χ1n) is 3.73. The second-order valence-electron chi connectivity index (χ2n) is 2.57. The van der Waals surface area contributed by atoms with Crippen LogP contribution >= 0.6 is 0 Å². The molecule has 1 rings (SSSR count). The molecule has 0 aliphatic rings. The van der Waals surface area contributed by atoms with Gasteiger partial charge in [-0.2, -0.15) is 5.10 Å². The van der Waals surface area contributed by atoms with Crippen LogP contribution in [0.25, 0.3) is 0 Å². The topological polar surface area (TPSA) is 94.9 Å². The van der Waals surface area contributed by atoms with Crippen molar-refractivity contribution in [3.8, 4) is 0 Å². The van der Waals surface area contributed by atoms with Crippen LogP contribution in [0.5, 0.6) is 0 Å². The van der Waals surface area contributed by atoms with Crippen molar-refractivity contribution in [1.82, 2.24) is 19.8 Å². The van der Waals surface area contributed by atoms with E-state index in [9.17, 15) is 9.59 Å². The van der Waals surface area contributed by atoms with Crippen LogP contribution in [0.2, 0.25) is 0 Å². The Morgan fingerprint density at radius 1 is 1.77 bits per heavy atom. The number of nitrogens with one attached hydrogen (secondary N) is 1. The standard InChI is InChI=1S/C6H11N5O2/c1-10-4-8-11(6(10)13)3-2-5(12)9-7/h4H,2-3,7H2,1H3,(H,9,12). The number of rotatable bonds is 3. The van der Waals surface area contributed by atoms with E-state index in [0.29, 0.717) is 0 Å². The predicted molar refractivity (Wildman–Crippen MR) is 44.4 cm³/mol. The minimum absolute atomic E-state index is 0.146. The smallest absolute Gasteiger partial charge is 0.294 e. The van der Waals surface area contributed by atoms with E-state index in [2.05, 4.69) is 5.10 Å². The zero-order valence-corrected chi connectivity index (χ0v) is 7.23. The highest BCUT2D eigenvalue weighted by atomic mass is 16.2. The largest absolute Gasteiger partial charge is 0.345 e. The highest BCUT2D eigenvalue weighted by Gasteiger charge is 2.03. The van der Waals surface area contributed by atoms with Crippen LogP contribution in [0.15, 0.2) is 11.1 Å². The summed E-state index contributed by atoms with van der Waals surface area (Å²) in [5.41, 5.74) is 1.73. The zero-order valence-electron chi connectivity index (χ0n) is 7.23. The summed E-state index contributed by atoms with van der Waals surface area (Å²) < 4.78 is 2.54. The molecule has 0 fully saturated rings. The van der Waals surface area contributed by atoms with Gasteiger partial charge in [0.15, 0.2) is 0 Å². The molecule has 7 heteroatoms. The number of aromatic nitrogens is 3. The molecular weight excluding hydrogens is 174 g/mol. The van der Waals surface area contributed by atoms with Crippen LogP contribution in [-0.2, 0) is 18.4 Å². The first kappa shape index (κ1) is 9.46. The number of carbonyl (C=O) groups excluding carboxylic acids is 1. The van der Waals surface area contributed by atoms with Crippen molar-refractivity contribution in [2.45, 2.75) is 13.0 Å². The average molecular weight is 185 g/mol. The lowest BCUT2D eigenvalue weighted by Crippen LogP contribution is -2.32. The molecule has 0 saturated heterocycles. The lowest BCUT2D eigenvalue weighted by Gasteiger charge is -1.97. The van der Waals surface area contributed by atoms with Gasteiger partial charge < -0.3 is 0 Å². The monoisotopic (exact) mass is 185 g/mol. The molecule has 0 radical (unpaired) electrons. The van der Waals surface area contributed by atoms with Gasteiger partial charge in [-0.05, 0) is 0 Å². The number of hydrazine groups is 1. The predicted octanol–water partition coefficient (Wildman–Crippen LogP) is -2.04. The van der Waals surface area contributed by atoms with Crippen LogP contribution < -0.4 is 17.0 Å². The van der Waals surface area contributed by atoms with Crippen molar-refractivity contribution in [3.05, 3.63) is 16.8 Å². The molecule has 0 aliphatic carbocycles. The fraction of sp³-hybridized carbons (Fsp3) is 0.500. The van der Waals surface area contributed by atoms with Gasteiger partial charge in [0, 0.05) is 13.5 Å². The number of carbonyl (C=O) groups is 1. The van der Waals surface area contributed by atoms with Crippen LogP contribution in [0.3, 0.4) is 0 Å². The lowest BCUT2D eigenvalue weighted by atomic mass is 10.4. The van der Waals surface area contributed by atoms with E-state index in [4.69, 9.17) is 5.84 Å². The van der Waals surface area contributed by atoms with Crippen LogP contribution in [-0.4, -0.2) is 20.3 Å². The van der Waals surface area contributed by atoms with Gasteiger partial charge in [0.1, 0.15) is 6.33 Å². The first-order chi connectivity index (χ1) is 6.15. The molecular formula is C6H11N5O2. The van der Waals surface area contributed by atoms with E-state index in [1.54, 1.807) is 7.05 Å². The average Bonchev–Trinajstić information content (AvgIpc) is 2.44. The summed E-state index contributed by atoms with van der Waals surface area (Å²) in [6.07, 6.45) is 1.54.